The van der Waals surface area contributed by atoms with Gasteiger partial charge in [0.15, 0.2) is 0 Å². The third-order valence-electron chi connectivity index (χ3n) is 4.80. The summed E-state index contributed by atoms with van der Waals surface area (Å²) < 4.78 is 11.4. The zero-order valence-electron chi connectivity index (χ0n) is 15.4. The molecule has 0 spiro atoms. The number of fused-ring (bicyclic) bond motifs is 1. The first kappa shape index (κ1) is 17.8. The van der Waals surface area contributed by atoms with Gasteiger partial charge in [-0.15, -0.1) is 0 Å². The summed E-state index contributed by atoms with van der Waals surface area (Å²) in [4.78, 5) is 7.05. The van der Waals surface area contributed by atoms with Gasteiger partial charge in [-0.1, -0.05) is 36.4 Å². The smallest absolute Gasteiger partial charge is 0.126 e. The number of ether oxygens (including phenoxy) is 2. The number of hydrogen-bond acceptors (Lipinski definition) is 5. The number of pyridine rings is 1. The van der Waals surface area contributed by atoms with Crippen LogP contribution in [0.25, 0.3) is 10.9 Å². The van der Waals surface area contributed by atoms with E-state index in [1.54, 1.807) is 0 Å². The van der Waals surface area contributed by atoms with Gasteiger partial charge >= 0.3 is 0 Å². The lowest BCUT2D eigenvalue weighted by Crippen LogP contribution is -2.38. The lowest BCUT2D eigenvalue weighted by Gasteiger charge is -2.26. The molecule has 4 rings (SSSR count). The molecule has 0 atom stereocenters. The Morgan fingerprint density at radius 2 is 1.78 bits per heavy atom. The molecule has 0 amide bonds. The maximum absolute atomic E-state index is 6.06. The Morgan fingerprint density at radius 1 is 0.963 bits per heavy atom. The molecule has 5 nitrogen and oxygen atoms in total. The van der Waals surface area contributed by atoms with Gasteiger partial charge in [-0.3, -0.25) is 4.90 Å². The van der Waals surface area contributed by atoms with Crippen molar-refractivity contribution in [3.05, 3.63) is 66.2 Å². The van der Waals surface area contributed by atoms with Crippen LogP contribution in [0.15, 0.2) is 60.7 Å². The molecule has 140 valence electrons. The van der Waals surface area contributed by atoms with Gasteiger partial charge in [0.2, 0.25) is 0 Å². The molecule has 27 heavy (non-hydrogen) atoms. The van der Waals surface area contributed by atoms with Crippen molar-refractivity contribution in [2.24, 2.45) is 0 Å². The quantitative estimate of drug-likeness (QED) is 0.695. The second kappa shape index (κ2) is 8.84. The Hall–Kier alpha value is -2.63. The van der Waals surface area contributed by atoms with Crippen molar-refractivity contribution in [2.45, 2.75) is 6.54 Å². The summed E-state index contributed by atoms with van der Waals surface area (Å²) in [6, 6.07) is 20.4. The van der Waals surface area contributed by atoms with Gasteiger partial charge in [-0.05, 0) is 24.3 Å². The zero-order valence-corrected chi connectivity index (χ0v) is 15.4. The minimum absolute atomic E-state index is 0.680. The summed E-state index contributed by atoms with van der Waals surface area (Å²) in [7, 11) is 0. The number of anilines is 1. The molecule has 0 bridgehead atoms. The van der Waals surface area contributed by atoms with Crippen LogP contribution in [0.5, 0.6) is 5.75 Å². The number of morpholine rings is 1. The van der Waals surface area contributed by atoms with Crippen molar-refractivity contribution in [1.29, 1.82) is 0 Å². The standard InChI is InChI=1S/C22H25N3O2/c1-3-7-20-18(5-1)9-10-22(24-20)23-17-19-6-2-4-8-21(19)27-16-13-25-11-14-26-15-12-25/h1-10H,11-17H2,(H,23,24). The van der Waals surface area contributed by atoms with E-state index in [4.69, 9.17) is 9.47 Å². The average Bonchev–Trinajstić information content (AvgIpc) is 2.74. The van der Waals surface area contributed by atoms with Crippen molar-refractivity contribution in [1.82, 2.24) is 9.88 Å². The summed E-state index contributed by atoms with van der Waals surface area (Å²) in [5.74, 6) is 1.80. The lowest BCUT2D eigenvalue weighted by molar-refractivity contribution is 0.0322. The molecule has 2 heterocycles. The molecule has 0 radical (unpaired) electrons. The molecular formula is C22H25N3O2. The summed E-state index contributed by atoms with van der Waals surface area (Å²) in [6.45, 7) is 5.90. The van der Waals surface area contributed by atoms with E-state index < -0.39 is 0 Å². The van der Waals surface area contributed by atoms with Gasteiger partial charge in [0.25, 0.3) is 0 Å². The Balaban J connectivity index is 1.35. The highest BCUT2D eigenvalue weighted by Gasteiger charge is 2.10. The van der Waals surface area contributed by atoms with Crippen LogP contribution in [-0.4, -0.2) is 49.3 Å². The highest BCUT2D eigenvalue weighted by Crippen LogP contribution is 2.20. The number of aromatic nitrogens is 1. The van der Waals surface area contributed by atoms with E-state index in [1.807, 2.05) is 42.5 Å². The minimum Gasteiger partial charge on any atom is -0.492 e. The zero-order chi connectivity index (χ0) is 18.3. The molecule has 1 saturated heterocycles. The fourth-order valence-electron chi connectivity index (χ4n) is 3.25. The van der Waals surface area contributed by atoms with E-state index in [2.05, 4.69) is 33.4 Å². The van der Waals surface area contributed by atoms with Gasteiger partial charge < -0.3 is 14.8 Å². The minimum atomic E-state index is 0.680. The van der Waals surface area contributed by atoms with Crippen LogP contribution in [-0.2, 0) is 11.3 Å². The van der Waals surface area contributed by atoms with Crippen LogP contribution < -0.4 is 10.1 Å². The highest BCUT2D eigenvalue weighted by molar-refractivity contribution is 5.80. The number of nitrogens with one attached hydrogen (secondary N) is 1. The fraction of sp³-hybridized carbons (Fsp3) is 0.318. The molecule has 1 fully saturated rings. The third kappa shape index (κ3) is 4.76. The summed E-state index contributed by atoms with van der Waals surface area (Å²) in [6.07, 6.45) is 0. The molecule has 0 aliphatic carbocycles. The Labute approximate surface area is 159 Å². The van der Waals surface area contributed by atoms with Crippen molar-refractivity contribution < 1.29 is 9.47 Å². The van der Waals surface area contributed by atoms with Gasteiger partial charge in [0, 0.05) is 37.1 Å². The summed E-state index contributed by atoms with van der Waals surface area (Å²) >= 11 is 0. The predicted molar refractivity (Wildman–Crippen MR) is 108 cm³/mol. The van der Waals surface area contributed by atoms with Crippen LogP contribution in [0, 0.1) is 0 Å². The molecule has 2 aromatic carbocycles. The maximum atomic E-state index is 6.06. The van der Waals surface area contributed by atoms with Crippen LogP contribution in [0.3, 0.4) is 0 Å². The first-order valence-corrected chi connectivity index (χ1v) is 9.49. The Bertz CT molecular complexity index is 878. The van der Waals surface area contributed by atoms with Crippen LogP contribution in [0.4, 0.5) is 5.82 Å². The van der Waals surface area contributed by atoms with E-state index in [0.717, 1.165) is 60.9 Å². The predicted octanol–water partition coefficient (Wildman–Crippen LogP) is 3.56. The molecule has 3 aromatic rings. The molecule has 1 N–H and O–H groups in total. The molecule has 1 aliphatic rings. The van der Waals surface area contributed by atoms with Crippen molar-refractivity contribution >= 4 is 16.7 Å². The number of hydrogen-bond donors (Lipinski definition) is 1. The largest absolute Gasteiger partial charge is 0.492 e. The molecule has 5 heteroatoms. The third-order valence-corrected chi connectivity index (χ3v) is 4.80. The van der Waals surface area contributed by atoms with E-state index in [-0.39, 0.29) is 0 Å². The van der Waals surface area contributed by atoms with Gasteiger partial charge in [-0.2, -0.15) is 0 Å². The van der Waals surface area contributed by atoms with E-state index in [0.29, 0.717) is 13.2 Å². The van der Waals surface area contributed by atoms with Crippen molar-refractivity contribution in [3.8, 4) is 5.75 Å². The number of nitrogens with zero attached hydrogens (tertiary/aromatic N) is 2. The van der Waals surface area contributed by atoms with Gasteiger partial charge in [-0.25, -0.2) is 4.98 Å². The molecule has 0 unspecified atom stereocenters. The number of benzene rings is 2. The molecule has 1 aliphatic heterocycles. The highest BCUT2D eigenvalue weighted by atomic mass is 16.5. The molecule has 1 aromatic heterocycles. The first-order valence-electron chi connectivity index (χ1n) is 9.49. The van der Waals surface area contributed by atoms with Crippen molar-refractivity contribution in [2.75, 3.05) is 44.8 Å². The van der Waals surface area contributed by atoms with Crippen LogP contribution in [0.1, 0.15) is 5.56 Å². The summed E-state index contributed by atoms with van der Waals surface area (Å²) in [5.41, 5.74) is 2.13. The lowest BCUT2D eigenvalue weighted by atomic mass is 10.2. The van der Waals surface area contributed by atoms with E-state index in [1.165, 1.54) is 0 Å². The normalized spacial score (nSPS) is 15.0. The second-order valence-electron chi connectivity index (χ2n) is 6.65. The fourth-order valence-corrected chi connectivity index (χ4v) is 3.25. The Morgan fingerprint density at radius 3 is 2.70 bits per heavy atom. The van der Waals surface area contributed by atoms with Gasteiger partial charge in [0.05, 0.1) is 18.7 Å². The van der Waals surface area contributed by atoms with E-state index in [9.17, 15) is 0 Å². The molecular weight excluding hydrogens is 338 g/mol. The van der Waals surface area contributed by atoms with Crippen LogP contribution >= 0.6 is 0 Å². The van der Waals surface area contributed by atoms with Crippen molar-refractivity contribution in [3.63, 3.8) is 0 Å². The number of para-hydroxylation sites is 2. The van der Waals surface area contributed by atoms with Gasteiger partial charge in [0.1, 0.15) is 18.2 Å². The second-order valence-corrected chi connectivity index (χ2v) is 6.65. The monoisotopic (exact) mass is 363 g/mol. The first-order chi connectivity index (χ1) is 13.4. The van der Waals surface area contributed by atoms with Crippen LogP contribution in [0.2, 0.25) is 0 Å². The topological polar surface area (TPSA) is 46.6 Å². The van der Waals surface area contributed by atoms with E-state index >= 15 is 0 Å². The Kier molecular flexibility index (Phi) is 5.82. The molecule has 0 saturated carbocycles. The number of rotatable bonds is 7. The average molecular weight is 363 g/mol. The summed E-state index contributed by atoms with van der Waals surface area (Å²) in [5, 5.41) is 4.56. The maximum Gasteiger partial charge on any atom is 0.126 e. The SMILES string of the molecule is c1ccc(OCCN2CCOCC2)c(CNc2ccc3ccccc3n2)c1.